The Bertz CT molecular complexity index is 1150. The van der Waals surface area contributed by atoms with Crippen LogP contribution in [0.25, 0.3) is 10.9 Å². The van der Waals surface area contributed by atoms with E-state index in [1.165, 1.54) is 10.9 Å². The van der Waals surface area contributed by atoms with Gasteiger partial charge in [0.05, 0.1) is 7.11 Å². The molecule has 2 aliphatic rings. The Morgan fingerprint density at radius 1 is 1.06 bits per heavy atom. The first-order valence-electron chi connectivity index (χ1n) is 11.6. The van der Waals surface area contributed by atoms with Crippen LogP contribution >= 0.6 is 0 Å². The molecule has 1 N–H and O–H groups in total. The molecule has 0 atom stereocenters. The average Bonchev–Trinajstić information content (AvgIpc) is 3.48. The van der Waals surface area contributed by atoms with Crippen LogP contribution < -0.4 is 14.4 Å². The monoisotopic (exact) mass is 447 g/mol. The Balaban J connectivity index is 1.14. The second kappa shape index (κ2) is 9.17. The number of rotatable bonds is 6. The number of nitrogens with zero attached hydrogens (tertiary/aromatic N) is 2. The number of ether oxygens (including phenoxy) is 2. The molecular formula is C26H29N3O4. The van der Waals surface area contributed by atoms with Crippen molar-refractivity contribution in [1.82, 2.24) is 9.88 Å². The number of methoxy groups -OCH3 is 1. The van der Waals surface area contributed by atoms with Gasteiger partial charge in [-0.3, -0.25) is 9.59 Å². The van der Waals surface area contributed by atoms with E-state index in [0.717, 1.165) is 55.9 Å². The van der Waals surface area contributed by atoms with Gasteiger partial charge in [-0.15, -0.1) is 0 Å². The van der Waals surface area contributed by atoms with Gasteiger partial charge in [0.1, 0.15) is 11.5 Å². The number of carbonyl (C=O) groups is 2. The van der Waals surface area contributed by atoms with Crippen molar-refractivity contribution < 1.29 is 19.1 Å². The van der Waals surface area contributed by atoms with Gasteiger partial charge in [-0.05, 0) is 73.2 Å². The third-order valence-corrected chi connectivity index (χ3v) is 6.79. The van der Waals surface area contributed by atoms with E-state index >= 15 is 0 Å². The summed E-state index contributed by atoms with van der Waals surface area (Å²) in [6, 6.07) is 13.5. The molecule has 0 saturated carbocycles. The Hall–Kier alpha value is -3.48. The molecule has 3 aromatic rings. The van der Waals surface area contributed by atoms with Gasteiger partial charge >= 0.3 is 0 Å². The highest BCUT2D eigenvalue weighted by atomic mass is 16.5. The van der Waals surface area contributed by atoms with Gasteiger partial charge < -0.3 is 24.3 Å². The minimum atomic E-state index is 0.00726. The van der Waals surface area contributed by atoms with E-state index in [-0.39, 0.29) is 18.4 Å². The highest BCUT2D eigenvalue weighted by Crippen LogP contribution is 2.34. The highest BCUT2D eigenvalue weighted by Gasteiger charge is 2.26. The van der Waals surface area contributed by atoms with E-state index in [1.807, 2.05) is 41.3 Å². The van der Waals surface area contributed by atoms with Crippen molar-refractivity contribution in [3.8, 4) is 11.5 Å². The summed E-state index contributed by atoms with van der Waals surface area (Å²) in [5.41, 5.74) is 3.29. The van der Waals surface area contributed by atoms with E-state index in [0.29, 0.717) is 18.1 Å². The number of anilines is 1. The van der Waals surface area contributed by atoms with Gasteiger partial charge in [0, 0.05) is 48.8 Å². The molecule has 0 bridgehead atoms. The molecular weight excluding hydrogens is 418 g/mol. The summed E-state index contributed by atoms with van der Waals surface area (Å²) in [6.07, 6.45) is 5.45. The predicted octanol–water partition coefficient (Wildman–Crippen LogP) is 4.09. The van der Waals surface area contributed by atoms with Crippen LogP contribution in [0.3, 0.4) is 0 Å². The lowest BCUT2D eigenvalue weighted by Crippen LogP contribution is -2.40. The number of H-pyrrole nitrogens is 1. The number of aromatic nitrogens is 1. The van der Waals surface area contributed by atoms with E-state index in [4.69, 9.17) is 9.47 Å². The number of hydrogen-bond acceptors (Lipinski definition) is 4. The normalized spacial score (nSPS) is 17.1. The maximum Gasteiger partial charge on any atom is 0.260 e. The number of carbonyl (C=O) groups excluding carboxylic acids is 2. The molecule has 0 unspecified atom stereocenters. The van der Waals surface area contributed by atoms with Gasteiger partial charge in [0.15, 0.2) is 6.61 Å². The van der Waals surface area contributed by atoms with Crippen LogP contribution in [0.1, 0.15) is 37.2 Å². The molecule has 172 valence electrons. The maximum absolute atomic E-state index is 12.7. The quantitative estimate of drug-likeness (QED) is 0.618. The number of benzene rings is 2. The van der Waals surface area contributed by atoms with E-state index in [1.54, 1.807) is 12.0 Å². The van der Waals surface area contributed by atoms with Crippen LogP contribution in [0.5, 0.6) is 11.5 Å². The molecule has 3 heterocycles. The van der Waals surface area contributed by atoms with Crippen LogP contribution in [0.15, 0.2) is 48.7 Å². The topological polar surface area (TPSA) is 74.9 Å². The van der Waals surface area contributed by atoms with Crippen molar-refractivity contribution >= 4 is 28.4 Å². The van der Waals surface area contributed by atoms with Crippen molar-refractivity contribution in [1.29, 1.82) is 0 Å². The summed E-state index contributed by atoms with van der Waals surface area (Å²) < 4.78 is 11.1. The first-order chi connectivity index (χ1) is 16.1. The first-order valence-corrected chi connectivity index (χ1v) is 11.6. The average molecular weight is 448 g/mol. The SMILES string of the molecule is COc1ccc2[nH]cc(C3CCN(C(=O)COc4ccc(N5CCCC5=O)cc4)CC3)c2c1. The second-order valence-corrected chi connectivity index (χ2v) is 8.74. The van der Waals surface area contributed by atoms with Crippen LogP contribution in [0, 0.1) is 0 Å². The summed E-state index contributed by atoms with van der Waals surface area (Å²) in [4.78, 5) is 31.6. The fourth-order valence-corrected chi connectivity index (χ4v) is 4.91. The third-order valence-electron chi connectivity index (χ3n) is 6.79. The predicted molar refractivity (Wildman–Crippen MR) is 127 cm³/mol. The fraction of sp³-hybridized carbons (Fsp3) is 0.385. The minimum absolute atomic E-state index is 0.00726. The third kappa shape index (κ3) is 4.40. The number of piperidine rings is 1. The zero-order valence-electron chi connectivity index (χ0n) is 18.9. The van der Waals surface area contributed by atoms with Crippen molar-refractivity contribution in [3.63, 3.8) is 0 Å². The minimum Gasteiger partial charge on any atom is -0.497 e. The van der Waals surface area contributed by atoms with Gasteiger partial charge in [-0.2, -0.15) is 0 Å². The van der Waals surface area contributed by atoms with Crippen LogP contribution in [-0.2, 0) is 9.59 Å². The number of nitrogens with one attached hydrogen (secondary N) is 1. The molecule has 0 radical (unpaired) electrons. The molecule has 1 aromatic heterocycles. The highest BCUT2D eigenvalue weighted by molar-refractivity contribution is 5.95. The van der Waals surface area contributed by atoms with Gasteiger partial charge in [0.25, 0.3) is 5.91 Å². The zero-order chi connectivity index (χ0) is 22.8. The Kier molecular flexibility index (Phi) is 5.94. The van der Waals surface area contributed by atoms with Crippen molar-refractivity contribution in [2.75, 3.05) is 38.3 Å². The summed E-state index contributed by atoms with van der Waals surface area (Å²) in [5, 5.41) is 1.20. The molecule has 2 amide bonds. The van der Waals surface area contributed by atoms with Gasteiger partial charge in [-0.25, -0.2) is 0 Å². The van der Waals surface area contributed by atoms with E-state index in [2.05, 4.69) is 17.2 Å². The Morgan fingerprint density at radius 2 is 1.82 bits per heavy atom. The molecule has 2 saturated heterocycles. The summed E-state index contributed by atoms with van der Waals surface area (Å²) >= 11 is 0. The molecule has 0 spiro atoms. The number of hydrogen-bond donors (Lipinski definition) is 1. The van der Waals surface area contributed by atoms with Gasteiger partial charge in [-0.1, -0.05) is 0 Å². The molecule has 7 heteroatoms. The standard InChI is InChI=1S/C26H29N3O4/c1-32-21-8-9-24-22(15-21)23(16-27-24)18-10-13-28(14-11-18)26(31)17-33-20-6-4-19(5-7-20)29-12-2-3-25(29)30/h4-9,15-16,18,27H,2-3,10-14,17H2,1H3. The first kappa shape index (κ1) is 21.4. The van der Waals surface area contributed by atoms with Crippen molar-refractivity contribution in [3.05, 3.63) is 54.2 Å². The lowest BCUT2D eigenvalue weighted by molar-refractivity contribution is -0.134. The van der Waals surface area contributed by atoms with E-state index < -0.39 is 0 Å². The zero-order valence-corrected chi connectivity index (χ0v) is 18.9. The van der Waals surface area contributed by atoms with Crippen LogP contribution in [0.4, 0.5) is 5.69 Å². The van der Waals surface area contributed by atoms with Crippen molar-refractivity contribution in [2.24, 2.45) is 0 Å². The fourth-order valence-electron chi connectivity index (χ4n) is 4.91. The summed E-state index contributed by atoms with van der Waals surface area (Å²) in [5.74, 6) is 2.08. The summed E-state index contributed by atoms with van der Waals surface area (Å²) in [6.45, 7) is 2.23. The van der Waals surface area contributed by atoms with Crippen molar-refractivity contribution in [2.45, 2.75) is 31.6 Å². The molecule has 2 aliphatic heterocycles. The Labute approximate surface area is 193 Å². The van der Waals surface area contributed by atoms with Crippen LogP contribution in [0.2, 0.25) is 0 Å². The second-order valence-electron chi connectivity index (χ2n) is 8.74. The largest absolute Gasteiger partial charge is 0.497 e. The molecule has 2 aromatic carbocycles. The maximum atomic E-state index is 12.7. The number of fused-ring (bicyclic) bond motifs is 1. The van der Waals surface area contributed by atoms with Gasteiger partial charge in [0.2, 0.25) is 5.91 Å². The number of likely N-dealkylation sites (tertiary alicyclic amines) is 1. The van der Waals surface area contributed by atoms with E-state index in [9.17, 15) is 9.59 Å². The summed E-state index contributed by atoms with van der Waals surface area (Å²) in [7, 11) is 1.68. The molecule has 2 fully saturated rings. The molecule has 7 nitrogen and oxygen atoms in total. The van der Waals surface area contributed by atoms with Crippen LogP contribution in [-0.4, -0.2) is 55.0 Å². The lowest BCUT2D eigenvalue weighted by atomic mass is 9.89. The Morgan fingerprint density at radius 3 is 2.52 bits per heavy atom. The smallest absolute Gasteiger partial charge is 0.260 e. The lowest BCUT2D eigenvalue weighted by Gasteiger charge is -2.32. The molecule has 0 aliphatic carbocycles. The number of aromatic amines is 1. The molecule has 33 heavy (non-hydrogen) atoms. The number of amides is 2. The molecule has 5 rings (SSSR count).